The highest BCUT2D eigenvalue weighted by atomic mass is 16.5. The maximum Gasteiger partial charge on any atom is 0.340 e. The molecule has 2 aromatic heterocycles. The molecule has 0 radical (unpaired) electrons. The topological polar surface area (TPSA) is 65.4 Å². The number of ether oxygens (including phenoxy) is 2. The van der Waals surface area contributed by atoms with Gasteiger partial charge in [0.05, 0.1) is 24.3 Å². The fraction of sp³-hybridized carbons (Fsp3) is 0.333. The molecule has 0 aliphatic carbocycles. The largest absolute Gasteiger partial charge is 0.459 e. The number of pyridine rings is 1. The van der Waals surface area contributed by atoms with Crippen LogP contribution in [0.3, 0.4) is 0 Å². The second-order valence-electron chi connectivity index (χ2n) is 7.23. The normalized spacial score (nSPS) is 24.7. The van der Waals surface area contributed by atoms with Gasteiger partial charge in [0.15, 0.2) is 0 Å². The van der Waals surface area contributed by atoms with Crippen molar-refractivity contribution in [2.24, 2.45) is 0 Å². The number of carbonyl (C=O) groups is 1. The van der Waals surface area contributed by atoms with Crippen LogP contribution < -0.4 is 5.32 Å². The number of piperidine rings is 1. The maximum absolute atomic E-state index is 13.0. The van der Waals surface area contributed by atoms with Crippen molar-refractivity contribution in [1.82, 2.24) is 14.9 Å². The Morgan fingerprint density at radius 1 is 1.11 bits per heavy atom. The lowest BCUT2D eigenvalue weighted by atomic mass is 9.94. The van der Waals surface area contributed by atoms with Crippen molar-refractivity contribution >= 4 is 16.9 Å². The van der Waals surface area contributed by atoms with E-state index >= 15 is 0 Å². The van der Waals surface area contributed by atoms with Crippen LogP contribution in [-0.4, -0.2) is 46.9 Å². The van der Waals surface area contributed by atoms with Gasteiger partial charge in [0.1, 0.15) is 6.10 Å². The molecule has 6 nitrogen and oxygen atoms in total. The summed E-state index contributed by atoms with van der Waals surface area (Å²) in [7, 11) is 0. The third kappa shape index (κ3) is 3.11. The van der Waals surface area contributed by atoms with Crippen LogP contribution in [0.1, 0.15) is 23.2 Å². The van der Waals surface area contributed by atoms with E-state index in [-0.39, 0.29) is 24.2 Å². The highest BCUT2D eigenvalue weighted by Crippen LogP contribution is 2.27. The number of hydrogen-bond acceptors (Lipinski definition) is 5. The Labute approximate surface area is 157 Å². The molecular formula is C21H21N3O3. The molecule has 5 rings (SSSR count). The predicted octanol–water partition coefficient (Wildman–Crippen LogP) is 2.70. The van der Waals surface area contributed by atoms with Crippen LogP contribution in [0.5, 0.6) is 0 Å². The third-order valence-electron chi connectivity index (χ3n) is 5.35. The Kier molecular flexibility index (Phi) is 4.14. The first-order valence-electron chi connectivity index (χ1n) is 9.33. The van der Waals surface area contributed by atoms with Gasteiger partial charge in [-0.3, -0.25) is 4.98 Å². The number of rotatable bonds is 3. The van der Waals surface area contributed by atoms with Crippen LogP contribution >= 0.6 is 0 Å². The van der Waals surface area contributed by atoms with Crippen molar-refractivity contribution in [3.63, 3.8) is 0 Å². The highest BCUT2D eigenvalue weighted by molar-refractivity contribution is 6.05. The van der Waals surface area contributed by atoms with Crippen LogP contribution in [0.2, 0.25) is 0 Å². The van der Waals surface area contributed by atoms with E-state index in [1.54, 1.807) is 12.4 Å². The Hall–Kier alpha value is -2.70. The van der Waals surface area contributed by atoms with E-state index in [1.165, 1.54) is 0 Å². The molecule has 2 atom stereocenters. The number of aromatic nitrogens is 2. The minimum Gasteiger partial charge on any atom is -0.459 e. The number of nitrogens with zero attached hydrogens (tertiary/aromatic N) is 2. The average molecular weight is 363 g/mol. The number of morpholine rings is 1. The van der Waals surface area contributed by atoms with Crippen molar-refractivity contribution in [1.29, 1.82) is 0 Å². The quantitative estimate of drug-likeness (QED) is 0.725. The third-order valence-corrected chi connectivity index (χ3v) is 5.35. The summed E-state index contributed by atoms with van der Waals surface area (Å²) in [6.45, 7) is 1.37. The van der Waals surface area contributed by atoms with Gasteiger partial charge in [-0.2, -0.15) is 0 Å². The summed E-state index contributed by atoms with van der Waals surface area (Å²) in [6.07, 6.45) is 6.89. The monoisotopic (exact) mass is 363 g/mol. The molecule has 0 spiro atoms. The lowest BCUT2D eigenvalue weighted by Gasteiger charge is -2.39. The zero-order chi connectivity index (χ0) is 18.2. The Bertz CT molecular complexity index is 957. The highest BCUT2D eigenvalue weighted by Gasteiger charge is 2.34. The summed E-state index contributed by atoms with van der Waals surface area (Å²) in [4.78, 5) is 17.1. The lowest BCUT2D eigenvalue weighted by Crippen LogP contribution is -2.56. The first-order chi connectivity index (χ1) is 13.3. The smallest absolute Gasteiger partial charge is 0.340 e. The lowest BCUT2D eigenvalue weighted by molar-refractivity contribution is -0.0339. The Morgan fingerprint density at radius 2 is 1.85 bits per heavy atom. The average Bonchev–Trinajstić information content (AvgIpc) is 3.08. The summed E-state index contributed by atoms with van der Waals surface area (Å²) in [6, 6.07) is 12.3. The first-order valence-corrected chi connectivity index (χ1v) is 9.33. The van der Waals surface area contributed by atoms with Crippen molar-refractivity contribution < 1.29 is 14.3 Å². The van der Waals surface area contributed by atoms with E-state index in [9.17, 15) is 4.79 Å². The Morgan fingerprint density at radius 3 is 2.63 bits per heavy atom. The molecule has 0 amide bonds. The van der Waals surface area contributed by atoms with Crippen LogP contribution in [-0.2, 0) is 9.47 Å². The molecule has 2 unspecified atom stereocenters. The van der Waals surface area contributed by atoms with E-state index in [0.717, 1.165) is 29.4 Å². The number of nitrogens with one attached hydrogen (secondary N) is 1. The summed E-state index contributed by atoms with van der Waals surface area (Å²) in [5.41, 5.74) is 2.54. The summed E-state index contributed by atoms with van der Waals surface area (Å²) < 4.78 is 13.5. The maximum atomic E-state index is 13.0. The predicted molar refractivity (Wildman–Crippen MR) is 101 cm³/mol. The van der Waals surface area contributed by atoms with Crippen LogP contribution in [0.25, 0.3) is 16.6 Å². The molecule has 1 aromatic carbocycles. The van der Waals surface area contributed by atoms with E-state index in [4.69, 9.17) is 9.47 Å². The van der Waals surface area contributed by atoms with Gasteiger partial charge in [-0.05, 0) is 18.2 Å². The zero-order valence-corrected chi connectivity index (χ0v) is 14.9. The van der Waals surface area contributed by atoms with Gasteiger partial charge >= 0.3 is 5.97 Å². The molecule has 138 valence electrons. The number of esters is 1. The first kappa shape index (κ1) is 16.5. The minimum atomic E-state index is -0.259. The fourth-order valence-electron chi connectivity index (χ4n) is 4.16. The molecule has 3 aromatic rings. The number of fused-ring (bicyclic) bond motifs is 3. The van der Waals surface area contributed by atoms with Gasteiger partial charge in [0.25, 0.3) is 0 Å². The molecule has 2 saturated heterocycles. The standard InChI is InChI=1S/C21H21N3O3/c25-21(27-17-9-14-12-26-13-15(10-17)23-14)19-11-24(16-5-7-22-8-6-16)20-4-2-1-3-18(19)20/h1-8,11,14-15,17,23H,9-10,12-13H2. The summed E-state index contributed by atoms with van der Waals surface area (Å²) in [5, 5.41) is 4.42. The number of para-hydroxylation sites is 1. The molecule has 2 aliphatic heterocycles. The van der Waals surface area contributed by atoms with Crippen LogP contribution in [0, 0.1) is 0 Å². The van der Waals surface area contributed by atoms with Crippen molar-refractivity contribution in [2.75, 3.05) is 13.2 Å². The molecule has 2 aliphatic rings. The van der Waals surface area contributed by atoms with Crippen LogP contribution in [0.15, 0.2) is 55.0 Å². The van der Waals surface area contributed by atoms with Gasteiger partial charge in [0, 0.05) is 54.6 Å². The van der Waals surface area contributed by atoms with Crippen LogP contribution in [0.4, 0.5) is 0 Å². The van der Waals surface area contributed by atoms with E-state index in [2.05, 4.69) is 10.3 Å². The SMILES string of the molecule is O=C(OC1CC2COCC(C1)N2)c1cn(-c2ccncc2)c2ccccc12. The summed E-state index contributed by atoms with van der Waals surface area (Å²) in [5.74, 6) is -0.259. The van der Waals surface area contributed by atoms with Gasteiger partial charge in [-0.15, -0.1) is 0 Å². The van der Waals surface area contributed by atoms with Crippen molar-refractivity contribution in [2.45, 2.75) is 31.0 Å². The van der Waals surface area contributed by atoms with E-state index in [0.29, 0.717) is 18.8 Å². The summed E-state index contributed by atoms with van der Waals surface area (Å²) >= 11 is 0. The Balaban J connectivity index is 1.45. The fourth-order valence-corrected chi connectivity index (χ4v) is 4.16. The number of hydrogen-bond donors (Lipinski definition) is 1. The molecular weight excluding hydrogens is 342 g/mol. The van der Waals surface area contributed by atoms with Crippen molar-refractivity contribution in [3.8, 4) is 5.69 Å². The second kappa shape index (κ2) is 6.79. The molecule has 1 N–H and O–H groups in total. The molecule has 2 bridgehead atoms. The van der Waals surface area contributed by atoms with Gasteiger partial charge < -0.3 is 19.4 Å². The number of benzene rings is 1. The molecule has 0 saturated carbocycles. The number of carbonyl (C=O) groups excluding carboxylic acids is 1. The van der Waals surface area contributed by atoms with Gasteiger partial charge in [0.2, 0.25) is 0 Å². The second-order valence-corrected chi connectivity index (χ2v) is 7.23. The minimum absolute atomic E-state index is 0.0688. The molecule has 2 fully saturated rings. The molecule has 6 heteroatoms. The van der Waals surface area contributed by atoms with Gasteiger partial charge in [-0.1, -0.05) is 18.2 Å². The van der Waals surface area contributed by atoms with Gasteiger partial charge in [-0.25, -0.2) is 4.79 Å². The zero-order valence-electron chi connectivity index (χ0n) is 14.9. The van der Waals surface area contributed by atoms with Crippen molar-refractivity contribution in [3.05, 3.63) is 60.6 Å². The molecule has 27 heavy (non-hydrogen) atoms. The van der Waals surface area contributed by atoms with E-state index in [1.807, 2.05) is 47.2 Å². The van der Waals surface area contributed by atoms with E-state index < -0.39 is 0 Å². The molecule has 4 heterocycles.